The Kier molecular flexibility index (Phi) is 8.11. The number of aromatic nitrogens is 3. The average molecular weight is 451 g/mol. The fourth-order valence-corrected chi connectivity index (χ4v) is 4.32. The molecule has 3 aromatic rings. The second-order valence-electron chi connectivity index (χ2n) is 8.73. The van der Waals surface area contributed by atoms with Crippen molar-refractivity contribution in [2.45, 2.75) is 85.7 Å². The zero-order chi connectivity index (χ0) is 24.1. The first kappa shape index (κ1) is 24.7. The monoisotopic (exact) mass is 450 g/mol. The standard InChI is InChI=1S/C27H38N4O2/c1-8-18(5)30(19(6)9-2)25(32)17-24-26(20-12-14-23(33-7)15-13-20)29-31-22(11-4)16-21(10-3)28-27(24)31/h12-16,18-19H,8-11,17H2,1-7H3. The van der Waals surface area contributed by atoms with Gasteiger partial charge in [0.25, 0.3) is 0 Å². The van der Waals surface area contributed by atoms with Crippen molar-refractivity contribution in [1.29, 1.82) is 0 Å². The fraction of sp³-hybridized carbons (Fsp3) is 0.519. The predicted octanol–water partition coefficient (Wildman–Crippen LogP) is 5.50. The third-order valence-corrected chi connectivity index (χ3v) is 6.65. The maximum atomic E-state index is 13.7. The van der Waals surface area contributed by atoms with Crippen molar-refractivity contribution in [1.82, 2.24) is 19.5 Å². The van der Waals surface area contributed by atoms with Gasteiger partial charge in [-0.3, -0.25) is 4.79 Å². The molecule has 3 rings (SSSR count). The van der Waals surface area contributed by atoms with Crippen LogP contribution in [0, 0.1) is 0 Å². The summed E-state index contributed by atoms with van der Waals surface area (Å²) in [6.45, 7) is 12.8. The van der Waals surface area contributed by atoms with E-state index in [0.717, 1.165) is 65.3 Å². The van der Waals surface area contributed by atoms with Crippen molar-refractivity contribution < 1.29 is 9.53 Å². The summed E-state index contributed by atoms with van der Waals surface area (Å²) in [5.41, 5.74) is 5.59. The van der Waals surface area contributed by atoms with Gasteiger partial charge in [0.15, 0.2) is 5.65 Å². The summed E-state index contributed by atoms with van der Waals surface area (Å²) in [7, 11) is 1.66. The van der Waals surface area contributed by atoms with E-state index >= 15 is 0 Å². The second kappa shape index (κ2) is 10.8. The summed E-state index contributed by atoms with van der Waals surface area (Å²) in [6.07, 6.45) is 3.81. The van der Waals surface area contributed by atoms with Gasteiger partial charge in [0.05, 0.1) is 19.2 Å². The Morgan fingerprint density at radius 2 is 1.67 bits per heavy atom. The molecule has 0 aliphatic rings. The molecule has 0 aliphatic heterocycles. The maximum Gasteiger partial charge on any atom is 0.227 e. The molecule has 0 saturated carbocycles. The Morgan fingerprint density at radius 1 is 1.03 bits per heavy atom. The van der Waals surface area contributed by atoms with E-state index < -0.39 is 0 Å². The van der Waals surface area contributed by atoms with Crippen LogP contribution in [0.2, 0.25) is 0 Å². The second-order valence-corrected chi connectivity index (χ2v) is 8.73. The zero-order valence-electron chi connectivity index (χ0n) is 21.2. The molecular formula is C27H38N4O2. The maximum absolute atomic E-state index is 13.7. The van der Waals surface area contributed by atoms with E-state index in [4.69, 9.17) is 14.8 Å². The summed E-state index contributed by atoms with van der Waals surface area (Å²) in [5, 5.41) is 4.97. The van der Waals surface area contributed by atoms with Crippen LogP contribution < -0.4 is 4.74 Å². The minimum absolute atomic E-state index is 0.130. The number of aryl methyl sites for hydroxylation is 2. The van der Waals surface area contributed by atoms with Crippen molar-refractivity contribution in [2.24, 2.45) is 0 Å². The Labute approximate surface area is 198 Å². The highest BCUT2D eigenvalue weighted by Crippen LogP contribution is 2.30. The smallest absolute Gasteiger partial charge is 0.227 e. The number of rotatable bonds is 10. The molecule has 0 radical (unpaired) electrons. The molecule has 0 fully saturated rings. The molecule has 1 amide bonds. The van der Waals surface area contributed by atoms with Crippen LogP contribution in [0.15, 0.2) is 30.3 Å². The van der Waals surface area contributed by atoms with Crippen molar-refractivity contribution in [2.75, 3.05) is 7.11 Å². The van der Waals surface area contributed by atoms with Gasteiger partial charge in [-0.15, -0.1) is 0 Å². The molecule has 33 heavy (non-hydrogen) atoms. The van der Waals surface area contributed by atoms with Crippen LogP contribution in [0.5, 0.6) is 5.75 Å². The number of carbonyl (C=O) groups is 1. The molecule has 0 N–H and O–H groups in total. The highest BCUT2D eigenvalue weighted by molar-refractivity contribution is 5.85. The number of hydrogen-bond donors (Lipinski definition) is 0. The van der Waals surface area contributed by atoms with Crippen LogP contribution in [0.3, 0.4) is 0 Å². The number of amides is 1. The first-order valence-corrected chi connectivity index (χ1v) is 12.2. The van der Waals surface area contributed by atoms with Crippen molar-refractivity contribution in [3.8, 4) is 17.0 Å². The SMILES string of the molecule is CCc1cc(CC)n2nc(-c3ccc(OC)cc3)c(CC(=O)N(C(C)CC)C(C)CC)c2n1. The molecule has 2 aromatic heterocycles. The summed E-state index contributed by atoms with van der Waals surface area (Å²) >= 11 is 0. The number of methoxy groups -OCH3 is 1. The number of hydrogen-bond acceptors (Lipinski definition) is 4. The summed E-state index contributed by atoms with van der Waals surface area (Å²) in [5.74, 6) is 0.922. The third kappa shape index (κ3) is 5.05. The molecule has 6 nitrogen and oxygen atoms in total. The molecule has 1 aromatic carbocycles. The predicted molar refractivity (Wildman–Crippen MR) is 134 cm³/mol. The normalized spacial score (nSPS) is 13.2. The van der Waals surface area contributed by atoms with Gasteiger partial charge in [-0.05, 0) is 69.9 Å². The molecular weight excluding hydrogens is 412 g/mol. The zero-order valence-corrected chi connectivity index (χ0v) is 21.2. The van der Waals surface area contributed by atoms with Crippen molar-refractivity contribution >= 4 is 11.6 Å². The molecule has 178 valence electrons. The highest BCUT2D eigenvalue weighted by Gasteiger charge is 2.27. The first-order valence-electron chi connectivity index (χ1n) is 12.2. The molecule has 6 heteroatoms. The van der Waals surface area contributed by atoms with E-state index in [2.05, 4.69) is 47.6 Å². The Morgan fingerprint density at radius 3 is 2.18 bits per heavy atom. The lowest BCUT2D eigenvalue weighted by atomic mass is 10.0. The van der Waals surface area contributed by atoms with E-state index in [0.29, 0.717) is 0 Å². The molecule has 0 bridgehead atoms. The lowest BCUT2D eigenvalue weighted by Crippen LogP contribution is -2.45. The number of ether oxygens (including phenoxy) is 1. The van der Waals surface area contributed by atoms with Gasteiger partial charge in [0, 0.05) is 34.6 Å². The number of fused-ring (bicyclic) bond motifs is 1. The van der Waals surface area contributed by atoms with Gasteiger partial charge in [-0.25, -0.2) is 9.50 Å². The number of benzene rings is 1. The molecule has 0 aliphatic carbocycles. The Hall–Kier alpha value is -2.89. The van der Waals surface area contributed by atoms with Gasteiger partial charge in [-0.1, -0.05) is 27.7 Å². The van der Waals surface area contributed by atoms with Crippen LogP contribution in [-0.4, -0.2) is 44.6 Å². The van der Waals surface area contributed by atoms with Gasteiger partial charge < -0.3 is 9.64 Å². The average Bonchev–Trinajstić information content (AvgIpc) is 3.21. The van der Waals surface area contributed by atoms with Crippen molar-refractivity contribution in [3.63, 3.8) is 0 Å². The lowest BCUT2D eigenvalue weighted by molar-refractivity contribution is -0.134. The first-order chi connectivity index (χ1) is 15.9. The van der Waals surface area contributed by atoms with Crippen LogP contribution in [0.25, 0.3) is 16.9 Å². The van der Waals surface area contributed by atoms with Crippen LogP contribution in [0.1, 0.15) is 71.3 Å². The number of carbonyl (C=O) groups excluding carboxylic acids is 1. The van der Waals surface area contributed by atoms with E-state index in [1.54, 1.807) is 7.11 Å². The summed E-state index contributed by atoms with van der Waals surface area (Å²) in [4.78, 5) is 20.7. The Bertz CT molecular complexity index is 1080. The highest BCUT2D eigenvalue weighted by atomic mass is 16.5. The van der Waals surface area contributed by atoms with Gasteiger partial charge in [0.1, 0.15) is 5.75 Å². The minimum atomic E-state index is 0.130. The third-order valence-electron chi connectivity index (χ3n) is 6.65. The van der Waals surface area contributed by atoms with Gasteiger partial charge in [-0.2, -0.15) is 5.10 Å². The molecule has 2 atom stereocenters. The molecule has 0 saturated heterocycles. The minimum Gasteiger partial charge on any atom is -0.497 e. The molecule has 0 spiro atoms. The Balaban J connectivity index is 2.18. The summed E-state index contributed by atoms with van der Waals surface area (Å²) in [6, 6.07) is 10.4. The van der Waals surface area contributed by atoms with E-state index in [1.165, 1.54) is 0 Å². The number of nitrogens with zero attached hydrogens (tertiary/aromatic N) is 4. The molecule has 2 unspecified atom stereocenters. The van der Waals surface area contributed by atoms with Crippen LogP contribution in [-0.2, 0) is 24.1 Å². The van der Waals surface area contributed by atoms with Gasteiger partial charge in [0.2, 0.25) is 5.91 Å². The quantitative estimate of drug-likeness (QED) is 0.409. The van der Waals surface area contributed by atoms with Gasteiger partial charge >= 0.3 is 0 Å². The van der Waals surface area contributed by atoms with E-state index in [1.807, 2.05) is 33.7 Å². The van der Waals surface area contributed by atoms with Crippen molar-refractivity contribution in [3.05, 3.63) is 47.3 Å². The summed E-state index contributed by atoms with van der Waals surface area (Å²) < 4.78 is 7.26. The lowest BCUT2D eigenvalue weighted by Gasteiger charge is -2.34. The largest absolute Gasteiger partial charge is 0.497 e. The van der Waals surface area contributed by atoms with E-state index in [9.17, 15) is 4.79 Å². The molecule has 2 heterocycles. The van der Waals surface area contributed by atoms with Crippen LogP contribution in [0.4, 0.5) is 0 Å². The topological polar surface area (TPSA) is 59.7 Å². The van der Waals surface area contributed by atoms with E-state index in [-0.39, 0.29) is 24.4 Å². The fourth-order valence-electron chi connectivity index (χ4n) is 4.32. The van der Waals surface area contributed by atoms with Crippen LogP contribution >= 0.6 is 0 Å².